The number of carbonyl (C=O) groups is 2. The molecule has 2 rings (SSSR count). The van der Waals surface area contributed by atoms with Crippen molar-refractivity contribution in [2.24, 2.45) is 0 Å². The van der Waals surface area contributed by atoms with Crippen molar-refractivity contribution in [1.82, 2.24) is 9.80 Å². The largest absolute Gasteiger partial charge is 0.468 e. The topological polar surface area (TPSA) is 59.1 Å². The third-order valence-corrected chi connectivity index (χ3v) is 5.03. The zero-order chi connectivity index (χ0) is 17.5. The molecule has 2 fully saturated rings. The Labute approximate surface area is 144 Å². The van der Waals surface area contributed by atoms with Crippen LogP contribution in [0.1, 0.15) is 38.5 Å². The summed E-state index contributed by atoms with van der Waals surface area (Å²) >= 11 is 0. The smallest absolute Gasteiger partial charge is 0.323 e. The first-order chi connectivity index (χ1) is 11.6. The van der Waals surface area contributed by atoms with Crippen LogP contribution in [0.4, 0.5) is 0 Å². The minimum Gasteiger partial charge on any atom is -0.468 e. The number of rotatable bonds is 6. The highest BCUT2D eigenvalue weighted by atomic mass is 16.5. The summed E-state index contributed by atoms with van der Waals surface area (Å²) in [6, 6.07) is -0.337. The molecular weight excluding hydrogens is 308 g/mol. The molecule has 136 valence electrons. The van der Waals surface area contributed by atoms with Crippen molar-refractivity contribution in [1.29, 1.82) is 0 Å². The van der Waals surface area contributed by atoms with E-state index in [2.05, 4.69) is 16.4 Å². The number of likely N-dealkylation sites (tertiary alicyclic amines) is 2. The third-order valence-electron chi connectivity index (χ3n) is 5.03. The first kappa shape index (κ1) is 18.9. The maximum atomic E-state index is 12.0. The van der Waals surface area contributed by atoms with Gasteiger partial charge in [0.15, 0.2) is 0 Å². The molecule has 0 radical (unpaired) electrons. The maximum Gasteiger partial charge on any atom is 0.323 e. The van der Waals surface area contributed by atoms with Crippen LogP contribution in [0.2, 0.25) is 0 Å². The molecule has 6 heteroatoms. The van der Waals surface area contributed by atoms with Gasteiger partial charge in [0, 0.05) is 13.1 Å². The zero-order valence-electron chi connectivity index (χ0n) is 15.0. The fraction of sp³-hybridized carbons (Fsp3) is 0.778. The van der Waals surface area contributed by atoms with Gasteiger partial charge in [0.25, 0.3) is 0 Å². The summed E-state index contributed by atoms with van der Waals surface area (Å²) in [5.41, 5.74) is 1.03. The Morgan fingerprint density at radius 3 is 1.67 bits per heavy atom. The lowest BCUT2D eigenvalue weighted by Crippen LogP contribution is -2.49. The Morgan fingerprint density at radius 1 is 0.875 bits per heavy atom. The van der Waals surface area contributed by atoms with Gasteiger partial charge >= 0.3 is 11.9 Å². The van der Waals surface area contributed by atoms with Crippen LogP contribution in [0.5, 0.6) is 0 Å². The average molecular weight is 338 g/mol. The van der Waals surface area contributed by atoms with Gasteiger partial charge in [-0.3, -0.25) is 19.4 Å². The molecule has 0 spiro atoms. The highest BCUT2D eigenvalue weighted by molar-refractivity contribution is 5.76. The Bertz CT molecular complexity index is 426. The van der Waals surface area contributed by atoms with E-state index in [4.69, 9.17) is 9.47 Å². The molecule has 2 aliphatic rings. The number of hydrogen-bond donors (Lipinski definition) is 0. The lowest BCUT2D eigenvalue weighted by molar-refractivity contribution is -0.148. The van der Waals surface area contributed by atoms with Crippen LogP contribution in [0.15, 0.2) is 12.2 Å². The monoisotopic (exact) mass is 338 g/mol. The quantitative estimate of drug-likeness (QED) is 0.542. The normalized spacial score (nSPS) is 25.9. The molecular formula is C18H30N2O4. The van der Waals surface area contributed by atoms with Crippen LogP contribution in [-0.2, 0) is 19.1 Å². The van der Waals surface area contributed by atoms with Crippen molar-refractivity contribution in [3.05, 3.63) is 12.2 Å². The van der Waals surface area contributed by atoms with Crippen LogP contribution in [0.3, 0.4) is 0 Å². The molecule has 0 amide bonds. The number of esters is 2. The molecule has 0 N–H and O–H groups in total. The van der Waals surface area contributed by atoms with Gasteiger partial charge in [-0.05, 0) is 44.3 Å². The summed E-state index contributed by atoms with van der Waals surface area (Å²) in [6.07, 6.45) is 5.98. The van der Waals surface area contributed by atoms with Gasteiger partial charge in [0.1, 0.15) is 12.1 Å². The van der Waals surface area contributed by atoms with Crippen LogP contribution in [0, 0.1) is 0 Å². The van der Waals surface area contributed by atoms with E-state index in [9.17, 15) is 9.59 Å². The molecule has 0 saturated carbocycles. The number of carbonyl (C=O) groups excluding carboxylic acids is 2. The molecule has 24 heavy (non-hydrogen) atoms. The summed E-state index contributed by atoms with van der Waals surface area (Å²) in [5, 5.41) is 0. The minimum atomic E-state index is -0.168. The van der Waals surface area contributed by atoms with E-state index in [-0.39, 0.29) is 24.0 Å². The summed E-state index contributed by atoms with van der Waals surface area (Å²) in [6.45, 7) is 7.31. The second kappa shape index (κ2) is 9.18. The fourth-order valence-corrected chi connectivity index (χ4v) is 3.79. The van der Waals surface area contributed by atoms with Crippen molar-refractivity contribution in [2.75, 3.05) is 40.4 Å². The Balaban J connectivity index is 1.93. The SMILES string of the molecule is C=C(CN1CCCCC1C(=O)OC)CN1CCCCC1C(=O)OC. The summed E-state index contributed by atoms with van der Waals surface area (Å²) in [4.78, 5) is 28.3. The number of nitrogens with zero attached hydrogens (tertiary/aromatic N) is 2. The highest BCUT2D eigenvalue weighted by Gasteiger charge is 2.32. The van der Waals surface area contributed by atoms with Gasteiger partial charge in [-0.2, -0.15) is 0 Å². The lowest BCUT2D eigenvalue weighted by atomic mass is 9.99. The molecule has 2 atom stereocenters. The van der Waals surface area contributed by atoms with Gasteiger partial charge < -0.3 is 9.47 Å². The van der Waals surface area contributed by atoms with Crippen LogP contribution < -0.4 is 0 Å². The van der Waals surface area contributed by atoms with Crippen molar-refractivity contribution < 1.29 is 19.1 Å². The second-order valence-corrected chi connectivity index (χ2v) is 6.76. The Kier molecular flexibility index (Phi) is 7.24. The number of methoxy groups -OCH3 is 2. The van der Waals surface area contributed by atoms with E-state index in [0.717, 1.165) is 57.2 Å². The Morgan fingerprint density at radius 2 is 1.29 bits per heavy atom. The predicted molar refractivity (Wildman–Crippen MR) is 91.6 cm³/mol. The van der Waals surface area contributed by atoms with Gasteiger partial charge in [-0.15, -0.1) is 0 Å². The first-order valence-corrected chi connectivity index (χ1v) is 8.87. The van der Waals surface area contributed by atoms with Gasteiger partial charge in [0.2, 0.25) is 0 Å². The first-order valence-electron chi connectivity index (χ1n) is 8.87. The van der Waals surface area contributed by atoms with E-state index in [1.54, 1.807) is 0 Å². The standard InChI is InChI=1S/C18H30N2O4/c1-14(12-19-10-6-4-8-15(19)17(21)23-2)13-20-11-7-5-9-16(20)18(22)24-3/h15-16H,1,4-13H2,2-3H3. The molecule has 0 aliphatic carbocycles. The van der Waals surface area contributed by atoms with Crippen molar-refractivity contribution >= 4 is 11.9 Å². The maximum absolute atomic E-state index is 12.0. The Hall–Kier alpha value is -1.40. The minimum absolute atomic E-state index is 0.159. The molecule has 2 unspecified atom stereocenters. The summed E-state index contributed by atoms with van der Waals surface area (Å²) in [5.74, 6) is -0.319. The van der Waals surface area contributed by atoms with Crippen LogP contribution in [0.25, 0.3) is 0 Å². The molecule has 2 heterocycles. The van der Waals surface area contributed by atoms with Crippen LogP contribution in [-0.4, -0.2) is 74.2 Å². The highest BCUT2D eigenvalue weighted by Crippen LogP contribution is 2.22. The number of hydrogen-bond acceptors (Lipinski definition) is 6. The summed E-state index contributed by atoms with van der Waals surface area (Å²) < 4.78 is 9.87. The predicted octanol–water partition coefficient (Wildman–Crippen LogP) is 1.60. The van der Waals surface area contributed by atoms with Gasteiger partial charge in [-0.25, -0.2) is 0 Å². The fourth-order valence-electron chi connectivity index (χ4n) is 3.79. The van der Waals surface area contributed by atoms with Gasteiger partial charge in [-0.1, -0.05) is 19.4 Å². The van der Waals surface area contributed by atoms with E-state index in [1.165, 1.54) is 14.2 Å². The molecule has 6 nitrogen and oxygen atoms in total. The van der Waals surface area contributed by atoms with Gasteiger partial charge in [0.05, 0.1) is 14.2 Å². The van der Waals surface area contributed by atoms with E-state index in [0.29, 0.717) is 13.1 Å². The average Bonchev–Trinajstić information content (AvgIpc) is 2.61. The van der Waals surface area contributed by atoms with Crippen molar-refractivity contribution in [2.45, 2.75) is 50.6 Å². The van der Waals surface area contributed by atoms with E-state index >= 15 is 0 Å². The number of ether oxygens (including phenoxy) is 2. The lowest BCUT2D eigenvalue weighted by Gasteiger charge is -2.37. The molecule has 0 aromatic heterocycles. The van der Waals surface area contributed by atoms with E-state index in [1.807, 2.05) is 0 Å². The zero-order valence-corrected chi connectivity index (χ0v) is 15.0. The van der Waals surface area contributed by atoms with Crippen molar-refractivity contribution in [3.63, 3.8) is 0 Å². The molecule has 2 aliphatic heterocycles. The summed E-state index contributed by atoms with van der Waals surface area (Å²) in [7, 11) is 2.89. The number of piperidine rings is 2. The molecule has 0 aromatic carbocycles. The third kappa shape index (κ3) is 4.80. The van der Waals surface area contributed by atoms with Crippen molar-refractivity contribution in [3.8, 4) is 0 Å². The molecule has 0 bridgehead atoms. The van der Waals surface area contributed by atoms with E-state index < -0.39 is 0 Å². The molecule has 0 aromatic rings. The van der Waals surface area contributed by atoms with Crippen LogP contribution >= 0.6 is 0 Å². The second-order valence-electron chi connectivity index (χ2n) is 6.76. The molecule has 2 saturated heterocycles.